The average Bonchev–Trinajstić information content (AvgIpc) is 2.85. The summed E-state index contributed by atoms with van der Waals surface area (Å²) in [4.78, 5) is 23.3. The van der Waals surface area contributed by atoms with Crippen molar-refractivity contribution >= 4 is 11.8 Å². The van der Waals surface area contributed by atoms with Crippen LogP contribution in [-0.2, 0) is 9.59 Å². The number of hydrogen-bond acceptors (Lipinski definition) is 2. The van der Waals surface area contributed by atoms with Crippen molar-refractivity contribution in [3.63, 3.8) is 0 Å². The lowest BCUT2D eigenvalue weighted by atomic mass is 10.0. The van der Waals surface area contributed by atoms with Gasteiger partial charge in [-0.2, -0.15) is 26.3 Å². The first-order chi connectivity index (χ1) is 17.5. The second kappa shape index (κ2) is 19.6. The van der Waals surface area contributed by atoms with E-state index in [1.165, 1.54) is 12.8 Å². The molecule has 0 spiro atoms. The van der Waals surface area contributed by atoms with Gasteiger partial charge in [-0.1, -0.05) is 117 Å². The second-order valence-electron chi connectivity index (χ2n) is 9.89. The Bertz CT molecular complexity index is 568. The zero-order valence-electron chi connectivity index (χ0n) is 22.7. The topological polar surface area (TPSA) is 58.2 Å². The van der Waals surface area contributed by atoms with Gasteiger partial charge >= 0.3 is 17.8 Å². The van der Waals surface area contributed by atoms with E-state index >= 15 is 0 Å². The van der Waals surface area contributed by atoms with Crippen LogP contribution in [0.15, 0.2) is 0 Å². The van der Waals surface area contributed by atoms with Crippen LogP contribution >= 0.6 is 0 Å². The Morgan fingerprint density at radius 1 is 0.459 bits per heavy atom. The first-order valence-electron chi connectivity index (χ1n) is 14.2. The van der Waals surface area contributed by atoms with E-state index in [1.54, 1.807) is 10.6 Å². The zero-order chi connectivity index (χ0) is 28.2. The molecule has 0 aromatic heterocycles. The van der Waals surface area contributed by atoms with Gasteiger partial charge in [0.25, 0.3) is 11.8 Å². The molecule has 2 N–H and O–H groups in total. The predicted molar refractivity (Wildman–Crippen MR) is 135 cm³/mol. The molecule has 0 aliphatic heterocycles. The fraction of sp³-hybridized carbons (Fsp3) is 0.926. The molecule has 0 aliphatic rings. The van der Waals surface area contributed by atoms with Crippen LogP contribution in [0.3, 0.4) is 0 Å². The number of halogens is 6. The monoisotopic (exact) mass is 546 g/mol. The highest BCUT2D eigenvalue weighted by atomic mass is 19.3. The summed E-state index contributed by atoms with van der Waals surface area (Å²) >= 11 is 0. The molecule has 0 heterocycles. The first-order valence-corrected chi connectivity index (χ1v) is 14.2. The lowest BCUT2D eigenvalue weighted by Gasteiger charge is -2.31. The third-order valence-electron chi connectivity index (χ3n) is 6.49. The summed E-state index contributed by atoms with van der Waals surface area (Å²) in [6.07, 6.45) is 16.4. The molecule has 37 heavy (non-hydrogen) atoms. The number of carbonyl (C=O) groups excluding carboxylic acids is 2. The summed E-state index contributed by atoms with van der Waals surface area (Å²) in [6, 6.07) is 0. The quantitative estimate of drug-likeness (QED) is 0.0947. The van der Waals surface area contributed by atoms with Crippen molar-refractivity contribution < 1.29 is 35.9 Å². The maximum absolute atomic E-state index is 14.1. The summed E-state index contributed by atoms with van der Waals surface area (Å²) < 4.78 is 84.3. The van der Waals surface area contributed by atoms with E-state index in [-0.39, 0.29) is 25.9 Å². The van der Waals surface area contributed by atoms with Gasteiger partial charge in [0.05, 0.1) is 0 Å². The van der Waals surface area contributed by atoms with E-state index in [0.717, 1.165) is 77.0 Å². The summed E-state index contributed by atoms with van der Waals surface area (Å²) in [5.41, 5.74) is 0. The fourth-order valence-corrected chi connectivity index (χ4v) is 3.98. The third kappa shape index (κ3) is 13.2. The van der Waals surface area contributed by atoms with Crippen LogP contribution in [0.25, 0.3) is 0 Å². The van der Waals surface area contributed by atoms with E-state index < -0.39 is 29.6 Å². The summed E-state index contributed by atoms with van der Waals surface area (Å²) in [7, 11) is 0. The molecule has 0 aromatic rings. The zero-order valence-corrected chi connectivity index (χ0v) is 22.7. The molecular weight excluding hydrogens is 498 g/mol. The highest BCUT2D eigenvalue weighted by Crippen LogP contribution is 2.46. The molecule has 220 valence electrons. The average molecular weight is 547 g/mol. The van der Waals surface area contributed by atoms with Crippen molar-refractivity contribution in [2.24, 2.45) is 0 Å². The molecule has 0 atom stereocenters. The fourth-order valence-electron chi connectivity index (χ4n) is 3.98. The SMILES string of the molecule is CCCCCCCCCCCNC(=O)C(F)(F)C(F)(F)C(F)(F)C(=O)NCCCCCCCCCCC. The van der Waals surface area contributed by atoms with Crippen molar-refractivity contribution in [2.45, 2.75) is 147 Å². The predicted octanol–water partition coefficient (Wildman–Crippen LogP) is 8.19. The minimum atomic E-state index is -6.18. The lowest BCUT2D eigenvalue weighted by molar-refractivity contribution is -0.287. The molecule has 0 aromatic carbocycles. The van der Waals surface area contributed by atoms with Gasteiger partial charge in [-0.25, -0.2) is 0 Å². The molecule has 0 aliphatic carbocycles. The Hall–Kier alpha value is -1.48. The van der Waals surface area contributed by atoms with Crippen LogP contribution in [0.2, 0.25) is 0 Å². The van der Waals surface area contributed by atoms with Crippen LogP contribution in [0.4, 0.5) is 26.3 Å². The molecule has 0 saturated carbocycles. The van der Waals surface area contributed by atoms with Gasteiger partial charge in [0.1, 0.15) is 0 Å². The van der Waals surface area contributed by atoms with E-state index in [1.807, 2.05) is 0 Å². The third-order valence-corrected chi connectivity index (χ3v) is 6.49. The van der Waals surface area contributed by atoms with Crippen molar-refractivity contribution in [1.82, 2.24) is 10.6 Å². The van der Waals surface area contributed by atoms with Gasteiger partial charge in [-0.3, -0.25) is 9.59 Å². The van der Waals surface area contributed by atoms with Crippen molar-refractivity contribution in [2.75, 3.05) is 13.1 Å². The highest BCUT2D eigenvalue weighted by Gasteiger charge is 2.77. The normalized spacial score (nSPS) is 12.5. The Morgan fingerprint density at radius 3 is 0.973 bits per heavy atom. The Morgan fingerprint density at radius 2 is 0.703 bits per heavy atom. The van der Waals surface area contributed by atoms with E-state index in [4.69, 9.17) is 0 Å². The number of carbonyl (C=O) groups is 2. The summed E-state index contributed by atoms with van der Waals surface area (Å²) in [5.74, 6) is -22.7. The maximum Gasteiger partial charge on any atom is 0.393 e. The van der Waals surface area contributed by atoms with Crippen LogP contribution < -0.4 is 10.6 Å². The molecule has 0 bridgehead atoms. The smallest absolute Gasteiger partial charge is 0.351 e. The highest BCUT2D eigenvalue weighted by molar-refractivity contribution is 5.89. The van der Waals surface area contributed by atoms with Crippen molar-refractivity contribution in [3.05, 3.63) is 0 Å². The molecule has 0 rings (SSSR count). The summed E-state index contributed by atoms with van der Waals surface area (Å²) in [5, 5.41) is 3.23. The molecule has 10 heteroatoms. The van der Waals surface area contributed by atoms with Gasteiger partial charge in [0.2, 0.25) is 0 Å². The number of unbranched alkanes of at least 4 members (excludes halogenated alkanes) is 16. The lowest BCUT2D eigenvalue weighted by Crippen LogP contribution is -2.65. The van der Waals surface area contributed by atoms with E-state index in [0.29, 0.717) is 12.8 Å². The standard InChI is InChI=1S/C27H48F6N2O2/c1-3-5-7-9-11-13-15-17-19-21-34-23(36)25(28,29)27(32,33)26(30,31)24(37)35-22-20-18-16-14-12-10-8-6-4-2/h3-22H2,1-2H3,(H,34,36)(H,35,37). The van der Waals surface area contributed by atoms with Gasteiger partial charge < -0.3 is 10.6 Å². The van der Waals surface area contributed by atoms with E-state index in [2.05, 4.69) is 13.8 Å². The number of hydrogen-bond donors (Lipinski definition) is 2. The summed E-state index contributed by atoms with van der Waals surface area (Å²) in [6.45, 7) is 3.55. The van der Waals surface area contributed by atoms with Crippen LogP contribution in [0.5, 0.6) is 0 Å². The maximum atomic E-state index is 14.1. The first kappa shape index (κ1) is 35.5. The van der Waals surface area contributed by atoms with Crippen LogP contribution in [0, 0.1) is 0 Å². The van der Waals surface area contributed by atoms with Crippen LogP contribution in [-0.4, -0.2) is 42.7 Å². The largest absolute Gasteiger partial charge is 0.393 e. The van der Waals surface area contributed by atoms with Crippen LogP contribution in [0.1, 0.15) is 129 Å². The number of rotatable bonds is 24. The molecule has 0 fully saturated rings. The Labute approximate surface area is 219 Å². The molecule has 0 unspecified atom stereocenters. The molecule has 0 radical (unpaired) electrons. The van der Waals surface area contributed by atoms with Crippen molar-refractivity contribution in [1.29, 1.82) is 0 Å². The van der Waals surface area contributed by atoms with Gasteiger partial charge in [-0.05, 0) is 12.8 Å². The van der Waals surface area contributed by atoms with Gasteiger partial charge in [0.15, 0.2) is 0 Å². The second-order valence-corrected chi connectivity index (χ2v) is 9.89. The van der Waals surface area contributed by atoms with Gasteiger partial charge in [0, 0.05) is 13.1 Å². The van der Waals surface area contributed by atoms with Gasteiger partial charge in [-0.15, -0.1) is 0 Å². The number of alkyl halides is 6. The molecular formula is C27H48F6N2O2. The van der Waals surface area contributed by atoms with Crippen molar-refractivity contribution in [3.8, 4) is 0 Å². The Kier molecular flexibility index (Phi) is 18.8. The molecule has 0 saturated heterocycles. The van der Waals surface area contributed by atoms with E-state index in [9.17, 15) is 35.9 Å². The molecule has 2 amide bonds. The Balaban J connectivity index is 4.36. The number of nitrogens with one attached hydrogen (secondary N) is 2. The number of amides is 2. The minimum absolute atomic E-state index is 0.262. The minimum Gasteiger partial charge on any atom is -0.351 e. The molecule has 4 nitrogen and oxygen atoms in total.